The van der Waals surface area contributed by atoms with Crippen molar-refractivity contribution >= 4 is 37.6 Å². The summed E-state index contributed by atoms with van der Waals surface area (Å²) < 4.78 is 137. The predicted octanol–water partition coefficient (Wildman–Crippen LogP) is 6.98. The minimum Gasteiger partial charge on any atom is -0.481 e. The topological polar surface area (TPSA) is 91.8 Å². The molecule has 5 rings (SSSR count). The number of fused-ring (bicyclic) bond motifs is 3. The molecule has 2 atom stereocenters. The maximum Gasteiger partial charge on any atom is 0.435 e. The summed E-state index contributed by atoms with van der Waals surface area (Å²) in [7, 11) is -4.63. The van der Waals surface area contributed by atoms with Crippen molar-refractivity contribution in [2.75, 3.05) is 6.54 Å². The number of carboxylic acids is 1. The quantitative estimate of drug-likeness (QED) is 0.265. The van der Waals surface area contributed by atoms with Gasteiger partial charge in [0.2, 0.25) is 5.91 Å². The van der Waals surface area contributed by atoms with E-state index in [1.807, 2.05) is 0 Å². The Labute approximate surface area is 260 Å². The third kappa shape index (κ3) is 5.13. The Morgan fingerprint density at radius 1 is 0.889 bits per heavy atom. The van der Waals surface area contributed by atoms with Crippen molar-refractivity contribution in [1.82, 2.24) is 4.90 Å². The van der Waals surface area contributed by atoms with Crippen molar-refractivity contribution in [3.8, 4) is 0 Å². The van der Waals surface area contributed by atoms with E-state index in [-0.39, 0.29) is 67.5 Å². The summed E-state index contributed by atoms with van der Waals surface area (Å²) >= 11 is 2.66. The van der Waals surface area contributed by atoms with Crippen LogP contribution in [0, 0.1) is 17.7 Å². The summed E-state index contributed by atoms with van der Waals surface area (Å²) in [5.74, 6) is -3.44. The highest BCUT2D eigenvalue weighted by Gasteiger charge is 2.74. The van der Waals surface area contributed by atoms with Crippen LogP contribution in [0.25, 0.3) is 0 Å². The molecule has 45 heavy (non-hydrogen) atoms. The molecule has 0 spiro atoms. The van der Waals surface area contributed by atoms with Crippen molar-refractivity contribution in [1.29, 1.82) is 0 Å². The molecular formula is C29H26BrF8NO5S. The van der Waals surface area contributed by atoms with Crippen LogP contribution >= 0.6 is 15.9 Å². The zero-order valence-corrected chi connectivity index (χ0v) is 25.6. The first-order valence-electron chi connectivity index (χ1n) is 14.0. The van der Waals surface area contributed by atoms with E-state index in [0.29, 0.717) is 6.07 Å². The van der Waals surface area contributed by atoms with Gasteiger partial charge in [0.05, 0.1) is 16.9 Å². The van der Waals surface area contributed by atoms with Gasteiger partial charge >= 0.3 is 24.0 Å². The molecule has 0 bridgehead atoms. The molecule has 1 saturated heterocycles. The first-order chi connectivity index (χ1) is 20.8. The maximum absolute atomic E-state index is 15.2. The smallest absolute Gasteiger partial charge is 0.435 e. The number of aryl methyl sites for hydroxylation is 1. The number of sulfone groups is 1. The van der Waals surface area contributed by atoms with Crippen LogP contribution in [0.5, 0.6) is 0 Å². The summed E-state index contributed by atoms with van der Waals surface area (Å²) in [6.45, 7) is -0.139. The summed E-state index contributed by atoms with van der Waals surface area (Å²) in [6, 6.07) is 3.74. The van der Waals surface area contributed by atoms with Crippen molar-refractivity contribution in [3.05, 3.63) is 63.4 Å². The highest BCUT2D eigenvalue weighted by Crippen LogP contribution is 2.58. The number of carbonyl (C=O) groups is 2. The van der Waals surface area contributed by atoms with Gasteiger partial charge in [-0.05, 0) is 86.4 Å². The van der Waals surface area contributed by atoms with Crippen LogP contribution in [0.1, 0.15) is 55.2 Å². The number of hydrogen-bond acceptors (Lipinski definition) is 4. The number of likely N-dealkylation sites (tertiary alicyclic amines) is 1. The lowest BCUT2D eigenvalue weighted by Gasteiger charge is -2.44. The second-order valence-corrected chi connectivity index (χ2v) is 14.8. The zero-order chi connectivity index (χ0) is 33.3. The molecule has 1 N–H and O–H groups in total. The van der Waals surface area contributed by atoms with Crippen LogP contribution in [0.3, 0.4) is 0 Å². The average molecular weight is 732 g/mol. The van der Waals surface area contributed by atoms with Crippen LogP contribution in [0.4, 0.5) is 35.1 Å². The number of halogens is 9. The predicted molar refractivity (Wildman–Crippen MR) is 146 cm³/mol. The molecule has 1 amide bonds. The van der Waals surface area contributed by atoms with Crippen LogP contribution in [0.2, 0.25) is 0 Å². The summed E-state index contributed by atoms with van der Waals surface area (Å²) in [4.78, 5) is 26.1. The second-order valence-electron chi connectivity index (χ2n) is 11.7. The van der Waals surface area contributed by atoms with E-state index in [2.05, 4.69) is 15.9 Å². The number of aliphatic carboxylic acids is 1. The standard InChI is InChI=1S/C29H26BrF8NO5S/c30-22-14-20-17(13-21(22)27(32,28(33,34)35)29(36,37)38)5-10-23-26(20,45(43,44)19-8-6-18(31)7-9-19)11-12-39(23)24(40)15-1-3-16(4-2-15)25(41)42/h6-9,13-16,23H,1-5,10-12H2,(H,41,42)/t15?,16?,23-,26-/m0/s1. The third-order valence-electron chi connectivity index (χ3n) is 9.44. The average Bonchev–Trinajstić information content (AvgIpc) is 3.37. The van der Waals surface area contributed by atoms with Crippen LogP contribution < -0.4 is 0 Å². The number of hydrogen-bond donors (Lipinski definition) is 1. The highest BCUT2D eigenvalue weighted by atomic mass is 79.9. The molecular weight excluding hydrogens is 706 g/mol. The summed E-state index contributed by atoms with van der Waals surface area (Å²) in [6.07, 6.45) is -12.7. The number of alkyl halides is 7. The molecule has 0 aromatic heterocycles. The first kappa shape index (κ1) is 33.6. The lowest BCUT2D eigenvalue weighted by atomic mass is 9.76. The Hall–Kier alpha value is -2.75. The number of benzene rings is 2. The fourth-order valence-corrected chi connectivity index (χ4v) is 10.1. The molecule has 3 aliphatic rings. The second kappa shape index (κ2) is 11.2. The molecule has 2 aliphatic carbocycles. The number of amides is 1. The lowest BCUT2D eigenvalue weighted by Crippen LogP contribution is -2.54. The summed E-state index contributed by atoms with van der Waals surface area (Å²) in [5, 5.41) is 9.31. The minimum atomic E-state index is -6.41. The summed E-state index contributed by atoms with van der Waals surface area (Å²) in [5.41, 5.74) is -8.01. The van der Waals surface area contributed by atoms with E-state index in [0.717, 1.165) is 30.3 Å². The molecule has 0 unspecified atom stereocenters. The zero-order valence-electron chi connectivity index (χ0n) is 23.2. The fourth-order valence-electron chi connectivity index (χ4n) is 7.17. The molecule has 1 aliphatic heterocycles. The Bertz CT molecular complexity index is 1610. The maximum atomic E-state index is 15.2. The Kier molecular flexibility index (Phi) is 8.36. The van der Waals surface area contributed by atoms with E-state index >= 15 is 4.39 Å². The number of nitrogens with zero attached hydrogens (tertiary/aromatic N) is 1. The molecule has 6 nitrogen and oxygen atoms in total. The van der Waals surface area contributed by atoms with Gasteiger partial charge in [-0.3, -0.25) is 9.59 Å². The highest BCUT2D eigenvalue weighted by molar-refractivity contribution is 9.10. The van der Waals surface area contributed by atoms with Crippen LogP contribution in [-0.2, 0) is 36.3 Å². The SMILES string of the molecule is O=C(O)C1CCC(C(=O)N2CC[C@]3(S(=O)(=O)c4ccc(F)cc4)c4cc(Br)c(C(F)(C(F)(F)F)C(F)(F)F)cc4CC[C@H]23)CC1. The molecule has 2 aromatic carbocycles. The van der Waals surface area contributed by atoms with Gasteiger partial charge in [-0.25, -0.2) is 17.2 Å². The monoisotopic (exact) mass is 731 g/mol. The molecule has 2 aromatic rings. The van der Waals surface area contributed by atoms with Crippen LogP contribution in [-0.4, -0.2) is 55.2 Å². The van der Waals surface area contributed by atoms with Crippen molar-refractivity contribution in [3.63, 3.8) is 0 Å². The van der Waals surface area contributed by atoms with Gasteiger partial charge in [-0.15, -0.1) is 0 Å². The van der Waals surface area contributed by atoms with Gasteiger partial charge in [-0.1, -0.05) is 22.0 Å². The largest absolute Gasteiger partial charge is 0.481 e. The molecule has 16 heteroatoms. The van der Waals surface area contributed by atoms with Crippen LogP contribution in [0.15, 0.2) is 45.8 Å². The van der Waals surface area contributed by atoms with Gasteiger partial charge < -0.3 is 10.0 Å². The van der Waals surface area contributed by atoms with Crippen molar-refractivity contribution in [2.45, 2.75) is 78.7 Å². The Morgan fingerprint density at radius 2 is 1.44 bits per heavy atom. The third-order valence-corrected chi connectivity index (χ3v) is 12.6. The van der Waals surface area contributed by atoms with E-state index in [1.54, 1.807) is 0 Å². The number of carbonyl (C=O) groups excluding carboxylic acids is 1. The fraction of sp³-hybridized carbons (Fsp3) is 0.517. The Balaban J connectivity index is 1.66. The number of carboxylic acid groups (broad SMARTS) is 1. The first-order valence-corrected chi connectivity index (χ1v) is 16.2. The normalized spacial score (nSPS) is 25.9. The van der Waals surface area contributed by atoms with Gasteiger partial charge in [0.1, 0.15) is 10.6 Å². The molecule has 2 fully saturated rings. The Morgan fingerprint density at radius 3 is 1.98 bits per heavy atom. The molecule has 0 radical (unpaired) electrons. The molecule has 1 heterocycles. The van der Waals surface area contributed by atoms with Crippen molar-refractivity contribution in [2.24, 2.45) is 11.8 Å². The van der Waals surface area contributed by atoms with Gasteiger partial charge in [0.25, 0.3) is 0 Å². The van der Waals surface area contributed by atoms with Crippen molar-refractivity contribution < 1.29 is 58.2 Å². The minimum absolute atomic E-state index is 0.139. The van der Waals surface area contributed by atoms with E-state index in [1.165, 1.54) is 4.90 Å². The number of rotatable bonds is 5. The molecule has 246 valence electrons. The molecule has 1 saturated carbocycles. The van der Waals surface area contributed by atoms with Gasteiger partial charge in [0, 0.05) is 22.5 Å². The van der Waals surface area contributed by atoms with Gasteiger partial charge in [0.15, 0.2) is 9.84 Å². The van der Waals surface area contributed by atoms with E-state index in [9.17, 15) is 53.8 Å². The lowest BCUT2D eigenvalue weighted by molar-refractivity contribution is -0.349. The van der Waals surface area contributed by atoms with E-state index < -0.39 is 78.2 Å². The van der Waals surface area contributed by atoms with Gasteiger partial charge in [-0.2, -0.15) is 26.3 Å². The van der Waals surface area contributed by atoms with E-state index in [4.69, 9.17) is 0 Å².